The molecule has 0 unspecified atom stereocenters. The fraction of sp³-hybridized carbons (Fsp3) is 0.400. The van der Waals surface area contributed by atoms with Gasteiger partial charge in [-0.2, -0.15) is 13.2 Å². The number of hydrogen-bond donors (Lipinski definition) is 0. The highest BCUT2D eigenvalue weighted by atomic mass is 19.4. The quantitative estimate of drug-likeness (QED) is 0.611. The van der Waals surface area contributed by atoms with Crippen LogP contribution in [0.3, 0.4) is 0 Å². The van der Waals surface area contributed by atoms with Gasteiger partial charge in [-0.15, -0.1) is 0 Å². The molecule has 20 heavy (non-hydrogen) atoms. The number of carbonyl (C=O) groups is 1. The standard InChI is InChI=1S/C15H17F3O2/c1-14(2,3)10-20-13(19)8-7-11-5-4-6-12(9-11)15(16,17)18/h4-9H,10H2,1-3H3/b8-7+. The monoisotopic (exact) mass is 286 g/mol. The molecule has 5 heteroatoms. The Hall–Kier alpha value is -1.78. The Morgan fingerprint density at radius 2 is 1.90 bits per heavy atom. The maximum Gasteiger partial charge on any atom is 0.416 e. The van der Waals surface area contributed by atoms with E-state index in [0.717, 1.165) is 18.2 Å². The van der Waals surface area contributed by atoms with Crippen LogP contribution in [0.2, 0.25) is 0 Å². The molecule has 1 aromatic rings. The first kappa shape index (κ1) is 16.3. The van der Waals surface area contributed by atoms with Crippen LogP contribution in [0.15, 0.2) is 30.3 Å². The van der Waals surface area contributed by atoms with Gasteiger partial charge in [0, 0.05) is 6.08 Å². The van der Waals surface area contributed by atoms with E-state index >= 15 is 0 Å². The molecule has 1 aromatic carbocycles. The summed E-state index contributed by atoms with van der Waals surface area (Å²) in [6.07, 6.45) is -1.96. The van der Waals surface area contributed by atoms with Gasteiger partial charge in [0.1, 0.15) is 0 Å². The maximum absolute atomic E-state index is 12.5. The Balaban J connectivity index is 2.69. The average molecular weight is 286 g/mol. The molecule has 0 atom stereocenters. The lowest BCUT2D eigenvalue weighted by molar-refractivity contribution is -0.140. The molecule has 0 aliphatic rings. The highest BCUT2D eigenvalue weighted by molar-refractivity contribution is 5.87. The van der Waals surface area contributed by atoms with Crippen molar-refractivity contribution in [2.24, 2.45) is 5.41 Å². The summed E-state index contributed by atoms with van der Waals surface area (Å²) in [5.74, 6) is -0.572. The molecule has 0 aromatic heterocycles. The number of carbonyl (C=O) groups excluding carboxylic acids is 1. The lowest BCUT2D eigenvalue weighted by atomic mass is 9.99. The zero-order valence-electron chi connectivity index (χ0n) is 11.6. The van der Waals surface area contributed by atoms with Crippen LogP contribution in [0, 0.1) is 5.41 Å². The van der Waals surface area contributed by atoms with Crippen LogP contribution in [0.1, 0.15) is 31.9 Å². The van der Waals surface area contributed by atoms with Gasteiger partial charge in [0.2, 0.25) is 0 Å². The van der Waals surface area contributed by atoms with E-state index in [0.29, 0.717) is 5.56 Å². The number of benzene rings is 1. The lowest BCUT2D eigenvalue weighted by Crippen LogP contribution is -2.17. The summed E-state index contributed by atoms with van der Waals surface area (Å²) in [5, 5.41) is 0. The van der Waals surface area contributed by atoms with Gasteiger partial charge in [-0.25, -0.2) is 4.79 Å². The third kappa shape index (κ3) is 5.91. The molecule has 0 bridgehead atoms. The Morgan fingerprint density at radius 1 is 1.25 bits per heavy atom. The van der Waals surface area contributed by atoms with Crippen molar-refractivity contribution in [2.75, 3.05) is 6.61 Å². The zero-order valence-corrected chi connectivity index (χ0v) is 11.6. The molecule has 0 heterocycles. The number of esters is 1. The van der Waals surface area contributed by atoms with Crippen molar-refractivity contribution >= 4 is 12.0 Å². The van der Waals surface area contributed by atoms with Gasteiger partial charge >= 0.3 is 12.1 Å². The van der Waals surface area contributed by atoms with Crippen molar-refractivity contribution in [1.29, 1.82) is 0 Å². The van der Waals surface area contributed by atoms with Gasteiger partial charge in [0.05, 0.1) is 12.2 Å². The van der Waals surface area contributed by atoms with Crippen LogP contribution >= 0.6 is 0 Å². The average Bonchev–Trinajstić information content (AvgIpc) is 2.32. The Bertz CT molecular complexity index is 497. The predicted molar refractivity (Wildman–Crippen MR) is 70.9 cm³/mol. The number of rotatable bonds is 3. The molecular weight excluding hydrogens is 269 g/mol. The number of halogens is 3. The lowest BCUT2D eigenvalue weighted by Gasteiger charge is -2.16. The Morgan fingerprint density at radius 3 is 2.45 bits per heavy atom. The molecule has 0 aliphatic heterocycles. The highest BCUT2D eigenvalue weighted by Crippen LogP contribution is 2.29. The summed E-state index contributed by atoms with van der Waals surface area (Å²) in [5.41, 5.74) is -0.602. The fourth-order valence-corrected chi connectivity index (χ4v) is 1.32. The van der Waals surface area contributed by atoms with E-state index in [-0.39, 0.29) is 12.0 Å². The van der Waals surface area contributed by atoms with Crippen LogP contribution in [-0.2, 0) is 15.7 Å². The zero-order chi connectivity index (χ0) is 15.4. The second kappa shape index (κ2) is 6.11. The molecule has 0 N–H and O–H groups in total. The van der Waals surface area contributed by atoms with Crippen molar-refractivity contribution < 1.29 is 22.7 Å². The van der Waals surface area contributed by atoms with Crippen molar-refractivity contribution in [1.82, 2.24) is 0 Å². The van der Waals surface area contributed by atoms with Gasteiger partial charge in [0.25, 0.3) is 0 Å². The van der Waals surface area contributed by atoms with Crippen LogP contribution in [0.25, 0.3) is 6.08 Å². The van der Waals surface area contributed by atoms with E-state index in [4.69, 9.17) is 4.74 Å². The van der Waals surface area contributed by atoms with Crippen LogP contribution in [-0.4, -0.2) is 12.6 Å². The summed E-state index contributed by atoms with van der Waals surface area (Å²) in [4.78, 5) is 11.4. The Labute approximate surface area is 116 Å². The van der Waals surface area contributed by atoms with E-state index in [1.165, 1.54) is 18.2 Å². The predicted octanol–water partition coefficient (Wildman–Crippen LogP) is 4.31. The number of ether oxygens (including phenoxy) is 1. The smallest absolute Gasteiger partial charge is 0.416 e. The van der Waals surface area contributed by atoms with Gasteiger partial charge < -0.3 is 4.74 Å². The summed E-state index contributed by atoms with van der Waals surface area (Å²) in [6.45, 7) is 5.99. The SMILES string of the molecule is CC(C)(C)COC(=O)/C=C/c1cccc(C(F)(F)F)c1. The van der Waals surface area contributed by atoms with Gasteiger partial charge in [-0.1, -0.05) is 32.9 Å². The first-order valence-electron chi connectivity index (χ1n) is 6.10. The van der Waals surface area contributed by atoms with Crippen molar-refractivity contribution in [2.45, 2.75) is 26.9 Å². The Kier molecular flexibility index (Phi) is 4.98. The third-order valence-electron chi connectivity index (χ3n) is 2.27. The second-order valence-corrected chi connectivity index (χ2v) is 5.62. The van der Waals surface area contributed by atoms with E-state index in [1.807, 2.05) is 20.8 Å². The molecule has 0 aliphatic carbocycles. The minimum Gasteiger partial charge on any atom is -0.462 e. The molecule has 110 valence electrons. The minimum absolute atomic E-state index is 0.153. The topological polar surface area (TPSA) is 26.3 Å². The van der Waals surface area contributed by atoms with Gasteiger partial charge in [-0.3, -0.25) is 0 Å². The summed E-state index contributed by atoms with van der Waals surface area (Å²) in [7, 11) is 0. The van der Waals surface area contributed by atoms with E-state index in [1.54, 1.807) is 0 Å². The van der Waals surface area contributed by atoms with Crippen molar-refractivity contribution in [3.05, 3.63) is 41.5 Å². The third-order valence-corrected chi connectivity index (χ3v) is 2.27. The molecule has 0 spiro atoms. The molecule has 1 rings (SSSR count). The van der Waals surface area contributed by atoms with Crippen LogP contribution in [0.4, 0.5) is 13.2 Å². The van der Waals surface area contributed by atoms with Gasteiger partial charge in [0.15, 0.2) is 0 Å². The normalized spacial score (nSPS) is 12.7. The van der Waals surface area contributed by atoms with Crippen molar-refractivity contribution in [3.63, 3.8) is 0 Å². The minimum atomic E-state index is -4.39. The summed E-state index contributed by atoms with van der Waals surface area (Å²) in [6, 6.07) is 4.74. The number of hydrogen-bond acceptors (Lipinski definition) is 2. The van der Waals surface area contributed by atoms with E-state index in [2.05, 4.69) is 0 Å². The molecule has 0 amide bonds. The molecule has 0 fully saturated rings. The molecule has 0 saturated carbocycles. The van der Waals surface area contributed by atoms with Gasteiger partial charge in [-0.05, 0) is 29.2 Å². The number of alkyl halides is 3. The summed E-state index contributed by atoms with van der Waals surface area (Å²) < 4.78 is 42.5. The van der Waals surface area contributed by atoms with E-state index in [9.17, 15) is 18.0 Å². The second-order valence-electron chi connectivity index (χ2n) is 5.62. The molecule has 2 nitrogen and oxygen atoms in total. The molecule has 0 saturated heterocycles. The first-order valence-corrected chi connectivity index (χ1v) is 6.10. The first-order chi connectivity index (χ1) is 9.08. The fourth-order valence-electron chi connectivity index (χ4n) is 1.32. The highest BCUT2D eigenvalue weighted by Gasteiger charge is 2.30. The van der Waals surface area contributed by atoms with E-state index < -0.39 is 17.7 Å². The van der Waals surface area contributed by atoms with Crippen molar-refractivity contribution in [3.8, 4) is 0 Å². The molecule has 0 radical (unpaired) electrons. The summed E-state index contributed by atoms with van der Waals surface area (Å²) >= 11 is 0. The van der Waals surface area contributed by atoms with Crippen LogP contribution in [0.5, 0.6) is 0 Å². The molecular formula is C15H17F3O2. The maximum atomic E-state index is 12.5. The van der Waals surface area contributed by atoms with Crippen LogP contribution < -0.4 is 0 Å². The largest absolute Gasteiger partial charge is 0.462 e.